The molecule has 1 atom stereocenters. The second-order valence-electron chi connectivity index (χ2n) is 5.30. The van der Waals surface area contributed by atoms with Gasteiger partial charge in [0.2, 0.25) is 0 Å². The van der Waals surface area contributed by atoms with Gasteiger partial charge in [-0.1, -0.05) is 12.1 Å². The number of nitrogens with two attached hydrogens (primary N) is 1. The molecule has 106 valence electrons. The summed E-state index contributed by atoms with van der Waals surface area (Å²) in [6.07, 6.45) is 0.581. The van der Waals surface area contributed by atoms with E-state index in [4.69, 9.17) is 10.5 Å². The number of rotatable bonds is 4. The molecule has 2 nitrogen and oxygen atoms in total. The first kappa shape index (κ1) is 14.5. The van der Waals surface area contributed by atoms with E-state index in [2.05, 4.69) is 0 Å². The zero-order valence-electron chi connectivity index (χ0n) is 12.1. The van der Waals surface area contributed by atoms with Crippen LogP contribution in [0.15, 0.2) is 36.4 Å². The van der Waals surface area contributed by atoms with Crippen LogP contribution in [-0.2, 0) is 6.42 Å². The molecule has 2 rings (SSSR count). The third-order valence-corrected chi connectivity index (χ3v) is 3.13. The maximum absolute atomic E-state index is 13.4. The molecule has 0 aliphatic rings. The summed E-state index contributed by atoms with van der Waals surface area (Å²) in [5.41, 5.74) is 8.78. The fourth-order valence-corrected chi connectivity index (χ4v) is 2.09. The van der Waals surface area contributed by atoms with Gasteiger partial charge in [0.25, 0.3) is 0 Å². The van der Waals surface area contributed by atoms with Crippen LogP contribution in [0.4, 0.5) is 4.39 Å². The number of ether oxygens (including phenoxy) is 1. The van der Waals surface area contributed by atoms with Gasteiger partial charge >= 0.3 is 0 Å². The average Bonchev–Trinajstić information content (AvgIpc) is 2.36. The maximum atomic E-state index is 13.4. The van der Waals surface area contributed by atoms with E-state index in [1.165, 1.54) is 12.1 Å². The fourth-order valence-electron chi connectivity index (χ4n) is 2.09. The second-order valence-corrected chi connectivity index (χ2v) is 5.30. The molecular formula is C17H20FNO. The molecule has 2 N–H and O–H groups in total. The Hall–Kier alpha value is -1.87. The van der Waals surface area contributed by atoms with Crippen LogP contribution < -0.4 is 10.5 Å². The molecule has 0 aliphatic carbocycles. The van der Waals surface area contributed by atoms with Crippen molar-refractivity contribution >= 4 is 0 Å². The van der Waals surface area contributed by atoms with Crippen LogP contribution in [0.5, 0.6) is 11.5 Å². The molecule has 2 aromatic carbocycles. The van der Waals surface area contributed by atoms with Crippen molar-refractivity contribution in [2.75, 3.05) is 0 Å². The van der Waals surface area contributed by atoms with Gasteiger partial charge in [0, 0.05) is 6.04 Å². The van der Waals surface area contributed by atoms with E-state index < -0.39 is 0 Å². The lowest BCUT2D eigenvalue weighted by Crippen LogP contribution is -2.18. The van der Waals surface area contributed by atoms with Crippen LogP contribution in [0.3, 0.4) is 0 Å². The third kappa shape index (κ3) is 3.58. The lowest BCUT2D eigenvalue weighted by molar-refractivity contribution is 0.467. The van der Waals surface area contributed by atoms with Gasteiger partial charge in [0.15, 0.2) is 0 Å². The topological polar surface area (TPSA) is 35.2 Å². The summed E-state index contributed by atoms with van der Waals surface area (Å²) < 4.78 is 19.3. The average molecular weight is 273 g/mol. The smallest absolute Gasteiger partial charge is 0.130 e. The van der Waals surface area contributed by atoms with Crippen molar-refractivity contribution in [3.63, 3.8) is 0 Å². The highest BCUT2D eigenvalue weighted by atomic mass is 19.1. The molecule has 20 heavy (non-hydrogen) atoms. The second kappa shape index (κ2) is 6.06. The van der Waals surface area contributed by atoms with Crippen molar-refractivity contribution in [2.24, 2.45) is 5.73 Å². The number of hydrogen-bond acceptors (Lipinski definition) is 2. The highest BCUT2D eigenvalue weighted by Gasteiger charge is 2.10. The predicted octanol–water partition coefficient (Wildman–Crippen LogP) is 4.12. The third-order valence-electron chi connectivity index (χ3n) is 3.13. The summed E-state index contributed by atoms with van der Waals surface area (Å²) >= 11 is 0. The first-order valence-corrected chi connectivity index (χ1v) is 6.75. The van der Waals surface area contributed by atoms with Gasteiger partial charge in [-0.3, -0.25) is 0 Å². The van der Waals surface area contributed by atoms with E-state index in [0.717, 1.165) is 22.4 Å². The highest BCUT2D eigenvalue weighted by molar-refractivity contribution is 5.43. The SMILES string of the molecule is Cc1ccc(C)c(Oc2ccc(F)cc2CC(C)N)c1. The number of hydrogen-bond donors (Lipinski definition) is 1. The summed E-state index contributed by atoms with van der Waals surface area (Å²) in [5.74, 6) is 1.19. The lowest BCUT2D eigenvalue weighted by atomic mass is 10.1. The summed E-state index contributed by atoms with van der Waals surface area (Å²) in [5, 5.41) is 0. The van der Waals surface area contributed by atoms with E-state index >= 15 is 0 Å². The van der Waals surface area contributed by atoms with Crippen LogP contribution in [0.2, 0.25) is 0 Å². The van der Waals surface area contributed by atoms with Gasteiger partial charge in [0.05, 0.1) is 0 Å². The monoisotopic (exact) mass is 273 g/mol. The van der Waals surface area contributed by atoms with Crippen molar-refractivity contribution in [1.82, 2.24) is 0 Å². The van der Waals surface area contributed by atoms with Crippen LogP contribution in [-0.4, -0.2) is 6.04 Å². The Bertz CT molecular complexity index is 608. The quantitative estimate of drug-likeness (QED) is 0.909. The lowest BCUT2D eigenvalue weighted by Gasteiger charge is -2.15. The van der Waals surface area contributed by atoms with E-state index in [1.54, 1.807) is 6.07 Å². The fraction of sp³-hybridized carbons (Fsp3) is 0.294. The van der Waals surface area contributed by atoms with Crippen molar-refractivity contribution in [1.29, 1.82) is 0 Å². The van der Waals surface area contributed by atoms with Crippen molar-refractivity contribution < 1.29 is 9.13 Å². The summed E-state index contributed by atoms with van der Waals surface area (Å²) in [6.45, 7) is 5.90. The molecule has 0 heterocycles. The zero-order valence-corrected chi connectivity index (χ0v) is 12.1. The van der Waals surface area contributed by atoms with Crippen LogP contribution >= 0.6 is 0 Å². The van der Waals surface area contributed by atoms with Crippen LogP contribution in [0.25, 0.3) is 0 Å². The molecule has 2 aromatic rings. The Morgan fingerprint density at radius 3 is 2.55 bits per heavy atom. The minimum atomic E-state index is -0.269. The summed E-state index contributed by atoms with van der Waals surface area (Å²) in [4.78, 5) is 0. The summed E-state index contributed by atoms with van der Waals surface area (Å²) in [6, 6.07) is 10.5. The predicted molar refractivity (Wildman–Crippen MR) is 79.7 cm³/mol. The van der Waals surface area contributed by atoms with Gasteiger partial charge in [-0.05, 0) is 68.1 Å². The molecule has 0 radical (unpaired) electrons. The number of aryl methyl sites for hydroxylation is 2. The minimum Gasteiger partial charge on any atom is -0.457 e. The Morgan fingerprint density at radius 1 is 1.10 bits per heavy atom. The van der Waals surface area contributed by atoms with Gasteiger partial charge < -0.3 is 10.5 Å². The Balaban J connectivity index is 2.35. The van der Waals surface area contributed by atoms with Crippen molar-refractivity contribution in [2.45, 2.75) is 33.2 Å². The normalized spacial score (nSPS) is 12.2. The van der Waals surface area contributed by atoms with Crippen LogP contribution in [0, 0.1) is 19.7 Å². The number of halogens is 1. The Labute approximate surface area is 119 Å². The van der Waals surface area contributed by atoms with E-state index in [9.17, 15) is 4.39 Å². The first-order valence-electron chi connectivity index (χ1n) is 6.75. The van der Waals surface area contributed by atoms with Gasteiger partial charge in [0.1, 0.15) is 17.3 Å². The van der Waals surface area contributed by atoms with Gasteiger partial charge in [-0.2, -0.15) is 0 Å². The van der Waals surface area contributed by atoms with Crippen molar-refractivity contribution in [3.8, 4) is 11.5 Å². The molecule has 0 aliphatic heterocycles. The molecule has 3 heteroatoms. The Morgan fingerprint density at radius 2 is 1.85 bits per heavy atom. The molecule has 0 fully saturated rings. The summed E-state index contributed by atoms with van der Waals surface area (Å²) in [7, 11) is 0. The molecule has 0 saturated heterocycles. The number of benzene rings is 2. The molecule has 0 saturated carbocycles. The first-order chi connectivity index (χ1) is 9.45. The standard InChI is InChI=1S/C17H20FNO/c1-11-4-5-12(2)17(8-11)20-16-7-6-15(18)10-14(16)9-13(3)19/h4-8,10,13H,9,19H2,1-3H3. The van der Waals surface area contributed by atoms with E-state index in [0.29, 0.717) is 12.2 Å². The maximum Gasteiger partial charge on any atom is 0.130 e. The zero-order chi connectivity index (χ0) is 14.7. The molecule has 1 unspecified atom stereocenters. The molecule has 0 aromatic heterocycles. The van der Waals surface area contributed by atoms with E-state index in [-0.39, 0.29) is 11.9 Å². The van der Waals surface area contributed by atoms with Gasteiger partial charge in [-0.15, -0.1) is 0 Å². The Kier molecular flexibility index (Phi) is 4.40. The van der Waals surface area contributed by atoms with Gasteiger partial charge in [-0.25, -0.2) is 4.39 Å². The highest BCUT2D eigenvalue weighted by Crippen LogP contribution is 2.29. The van der Waals surface area contributed by atoms with Crippen LogP contribution in [0.1, 0.15) is 23.6 Å². The molecule has 0 spiro atoms. The molecular weight excluding hydrogens is 253 g/mol. The molecule has 0 bridgehead atoms. The van der Waals surface area contributed by atoms with E-state index in [1.807, 2.05) is 39.0 Å². The molecule has 0 amide bonds. The van der Waals surface area contributed by atoms with Crippen molar-refractivity contribution in [3.05, 3.63) is 58.9 Å². The largest absolute Gasteiger partial charge is 0.457 e. The minimum absolute atomic E-state index is 0.0437.